The summed E-state index contributed by atoms with van der Waals surface area (Å²) in [6, 6.07) is 31.4. The summed E-state index contributed by atoms with van der Waals surface area (Å²) in [5.41, 5.74) is 6.21. The van der Waals surface area contributed by atoms with Gasteiger partial charge in [-0.05, 0) is 42.5 Å². The van der Waals surface area contributed by atoms with Crippen molar-refractivity contribution in [1.82, 2.24) is 9.55 Å². The minimum absolute atomic E-state index is 0.662. The molecule has 0 atom stereocenters. The number of para-hydroxylation sites is 2. The molecule has 0 aliphatic carbocycles. The SMILES string of the molecule is N#Cc1cccc(-n2c3ccccc3c3cc4c(cc32)[nH]c2ccccc24)c1. The van der Waals surface area contributed by atoms with E-state index < -0.39 is 0 Å². The maximum Gasteiger partial charge on any atom is 0.0992 e. The van der Waals surface area contributed by atoms with Crippen molar-refractivity contribution in [3.63, 3.8) is 0 Å². The zero-order chi connectivity index (χ0) is 18.7. The number of aromatic nitrogens is 2. The molecule has 4 aromatic carbocycles. The lowest BCUT2D eigenvalue weighted by atomic mass is 10.1. The summed E-state index contributed by atoms with van der Waals surface area (Å²) in [6.07, 6.45) is 0. The van der Waals surface area contributed by atoms with E-state index in [9.17, 15) is 5.26 Å². The minimum atomic E-state index is 0.662. The van der Waals surface area contributed by atoms with Crippen molar-refractivity contribution < 1.29 is 0 Å². The fourth-order valence-electron chi connectivity index (χ4n) is 4.31. The van der Waals surface area contributed by atoms with Crippen LogP contribution in [0.4, 0.5) is 0 Å². The maximum atomic E-state index is 9.34. The summed E-state index contributed by atoms with van der Waals surface area (Å²) >= 11 is 0. The molecular weight excluding hydrogens is 342 g/mol. The molecule has 6 aromatic rings. The molecule has 0 radical (unpaired) electrons. The van der Waals surface area contributed by atoms with E-state index in [1.807, 2.05) is 18.2 Å². The Hall–Kier alpha value is -4.03. The van der Waals surface area contributed by atoms with E-state index in [2.05, 4.69) is 82.4 Å². The van der Waals surface area contributed by atoms with Crippen molar-refractivity contribution in [2.75, 3.05) is 0 Å². The summed E-state index contributed by atoms with van der Waals surface area (Å²) in [4.78, 5) is 3.55. The third-order valence-corrected chi connectivity index (χ3v) is 5.53. The molecule has 28 heavy (non-hydrogen) atoms. The van der Waals surface area contributed by atoms with Crippen molar-refractivity contribution >= 4 is 43.6 Å². The molecule has 3 nitrogen and oxygen atoms in total. The Morgan fingerprint density at radius 3 is 2.36 bits per heavy atom. The van der Waals surface area contributed by atoms with Crippen molar-refractivity contribution in [1.29, 1.82) is 5.26 Å². The van der Waals surface area contributed by atoms with E-state index >= 15 is 0 Å². The van der Waals surface area contributed by atoms with Crippen LogP contribution in [0.5, 0.6) is 0 Å². The highest BCUT2D eigenvalue weighted by molar-refractivity contribution is 6.18. The summed E-state index contributed by atoms with van der Waals surface area (Å²) in [5, 5.41) is 14.2. The van der Waals surface area contributed by atoms with E-state index in [0.29, 0.717) is 5.56 Å². The molecule has 2 heterocycles. The van der Waals surface area contributed by atoms with Crippen LogP contribution in [0.1, 0.15) is 5.56 Å². The van der Waals surface area contributed by atoms with Crippen LogP contribution in [0, 0.1) is 11.3 Å². The fourth-order valence-corrected chi connectivity index (χ4v) is 4.31. The average Bonchev–Trinajstić information content (AvgIpc) is 3.27. The number of rotatable bonds is 1. The molecule has 2 aromatic heterocycles. The third kappa shape index (κ3) is 1.97. The largest absolute Gasteiger partial charge is 0.354 e. The second kappa shape index (κ2) is 5.48. The van der Waals surface area contributed by atoms with Gasteiger partial charge in [0.2, 0.25) is 0 Å². The molecular formula is C25H15N3. The second-order valence-electron chi connectivity index (χ2n) is 7.10. The number of nitrogens with zero attached hydrogens (tertiary/aromatic N) is 2. The molecule has 1 N–H and O–H groups in total. The van der Waals surface area contributed by atoms with Crippen LogP contribution in [0.3, 0.4) is 0 Å². The Bertz CT molecular complexity index is 1570. The van der Waals surface area contributed by atoms with Crippen molar-refractivity contribution in [3.05, 3.63) is 90.5 Å². The highest BCUT2D eigenvalue weighted by atomic mass is 15.0. The molecule has 0 saturated heterocycles. The van der Waals surface area contributed by atoms with Gasteiger partial charge >= 0.3 is 0 Å². The van der Waals surface area contributed by atoms with Gasteiger partial charge in [0.15, 0.2) is 0 Å². The van der Waals surface area contributed by atoms with Crippen LogP contribution in [0.2, 0.25) is 0 Å². The minimum Gasteiger partial charge on any atom is -0.354 e. The van der Waals surface area contributed by atoms with Crippen LogP contribution in [0.15, 0.2) is 84.9 Å². The second-order valence-corrected chi connectivity index (χ2v) is 7.10. The Kier molecular flexibility index (Phi) is 2.95. The molecule has 0 bridgehead atoms. The zero-order valence-corrected chi connectivity index (χ0v) is 15.0. The lowest BCUT2D eigenvalue weighted by molar-refractivity contribution is 1.18. The van der Waals surface area contributed by atoms with Crippen LogP contribution >= 0.6 is 0 Å². The van der Waals surface area contributed by atoms with Crippen LogP contribution in [-0.2, 0) is 0 Å². The summed E-state index contributed by atoms with van der Waals surface area (Å²) in [5.74, 6) is 0. The van der Waals surface area contributed by atoms with E-state index in [1.165, 1.54) is 21.5 Å². The molecule has 0 unspecified atom stereocenters. The van der Waals surface area contributed by atoms with Crippen molar-refractivity contribution in [2.45, 2.75) is 0 Å². The summed E-state index contributed by atoms with van der Waals surface area (Å²) in [6.45, 7) is 0. The Labute approximate surface area is 161 Å². The number of aromatic amines is 1. The first-order valence-electron chi connectivity index (χ1n) is 9.28. The third-order valence-electron chi connectivity index (χ3n) is 5.53. The number of nitriles is 1. The van der Waals surface area contributed by atoms with Gasteiger partial charge < -0.3 is 9.55 Å². The zero-order valence-electron chi connectivity index (χ0n) is 15.0. The van der Waals surface area contributed by atoms with Gasteiger partial charge in [0, 0.05) is 38.3 Å². The molecule has 0 saturated carbocycles. The van der Waals surface area contributed by atoms with E-state index in [0.717, 1.165) is 27.8 Å². The van der Waals surface area contributed by atoms with Gasteiger partial charge in [-0.3, -0.25) is 0 Å². The monoisotopic (exact) mass is 357 g/mol. The number of hydrogen-bond acceptors (Lipinski definition) is 1. The molecule has 0 aliphatic heterocycles. The molecule has 0 amide bonds. The summed E-state index contributed by atoms with van der Waals surface area (Å²) in [7, 11) is 0. The van der Waals surface area contributed by atoms with E-state index in [-0.39, 0.29) is 0 Å². The normalized spacial score (nSPS) is 11.5. The topological polar surface area (TPSA) is 44.5 Å². The van der Waals surface area contributed by atoms with Gasteiger partial charge in [-0.2, -0.15) is 5.26 Å². The first-order chi connectivity index (χ1) is 13.8. The number of benzene rings is 4. The highest BCUT2D eigenvalue weighted by Crippen LogP contribution is 2.36. The first kappa shape index (κ1) is 15.1. The van der Waals surface area contributed by atoms with Gasteiger partial charge in [0.25, 0.3) is 0 Å². The maximum absolute atomic E-state index is 9.34. The molecule has 3 heteroatoms. The van der Waals surface area contributed by atoms with E-state index in [4.69, 9.17) is 0 Å². The number of H-pyrrole nitrogens is 1. The van der Waals surface area contributed by atoms with Gasteiger partial charge in [-0.15, -0.1) is 0 Å². The van der Waals surface area contributed by atoms with Crippen LogP contribution < -0.4 is 0 Å². The van der Waals surface area contributed by atoms with E-state index in [1.54, 1.807) is 0 Å². The number of nitrogens with one attached hydrogen (secondary N) is 1. The number of fused-ring (bicyclic) bond motifs is 6. The van der Waals surface area contributed by atoms with Crippen LogP contribution in [0.25, 0.3) is 49.3 Å². The molecule has 0 spiro atoms. The number of hydrogen-bond donors (Lipinski definition) is 1. The quantitative estimate of drug-likeness (QED) is 0.369. The van der Waals surface area contributed by atoms with Crippen LogP contribution in [-0.4, -0.2) is 9.55 Å². The molecule has 0 fully saturated rings. The standard InChI is InChI=1S/C25H15N3/c26-15-16-6-5-7-17(12-16)28-24-11-4-2-9-19(24)21-13-20-18-8-1-3-10-22(18)27-23(20)14-25(21)28/h1-14,27H. The Balaban J connectivity index is 1.81. The molecule has 6 rings (SSSR count). The van der Waals surface area contributed by atoms with Gasteiger partial charge in [-0.1, -0.05) is 42.5 Å². The van der Waals surface area contributed by atoms with Crippen molar-refractivity contribution in [3.8, 4) is 11.8 Å². The van der Waals surface area contributed by atoms with Gasteiger partial charge in [0.05, 0.1) is 22.7 Å². The highest BCUT2D eigenvalue weighted by Gasteiger charge is 2.15. The predicted molar refractivity (Wildman–Crippen MR) is 115 cm³/mol. The fraction of sp³-hybridized carbons (Fsp3) is 0. The average molecular weight is 357 g/mol. The Morgan fingerprint density at radius 2 is 1.46 bits per heavy atom. The Morgan fingerprint density at radius 1 is 0.643 bits per heavy atom. The summed E-state index contributed by atoms with van der Waals surface area (Å²) < 4.78 is 2.25. The molecule has 130 valence electrons. The molecule has 0 aliphatic rings. The van der Waals surface area contributed by atoms with Crippen molar-refractivity contribution in [2.24, 2.45) is 0 Å². The smallest absolute Gasteiger partial charge is 0.0992 e. The first-order valence-corrected chi connectivity index (χ1v) is 9.28. The predicted octanol–water partition coefficient (Wildman–Crippen LogP) is 6.29. The van der Waals surface area contributed by atoms with Gasteiger partial charge in [-0.25, -0.2) is 0 Å². The lowest BCUT2D eigenvalue weighted by Gasteiger charge is -2.08. The van der Waals surface area contributed by atoms with Gasteiger partial charge in [0.1, 0.15) is 0 Å². The lowest BCUT2D eigenvalue weighted by Crippen LogP contribution is -1.94.